The largest absolute Gasteiger partial charge is 0.313 e. The van der Waals surface area contributed by atoms with Crippen LogP contribution in [0.25, 0.3) is 0 Å². The molecule has 0 aromatic heterocycles. The summed E-state index contributed by atoms with van der Waals surface area (Å²) >= 11 is 2.16. The summed E-state index contributed by atoms with van der Waals surface area (Å²) < 4.78 is 13.7. The van der Waals surface area contributed by atoms with E-state index in [9.17, 15) is 4.39 Å². The molecule has 0 heterocycles. The Balaban J connectivity index is 2.56. The van der Waals surface area contributed by atoms with Gasteiger partial charge in [0.1, 0.15) is 5.82 Å². The van der Waals surface area contributed by atoms with Crippen molar-refractivity contribution < 1.29 is 4.39 Å². The highest BCUT2D eigenvalue weighted by molar-refractivity contribution is 14.1. The third-order valence-electron chi connectivity index (χ3n) is 1.76. The van der Waals surface area contributed by atoms with Gasteiger partial charge in [-0.25, -0.2) is 4.39 Å². The van der Waals surface area contributed by atoms with Gasteiger partial charge in [0.15, 0.2) is 0 Å². The van der Waals surface area contributed by atoms with Crippen molar-refractivity contribution in [3.05, 3.63) is 33.1 Å². The minimum absolute atomic E-state index is 0.163. The summed E-state index contributed by atoms with van der Waals surface area (Å²) in [6.07, 6.45) is 1.12. The van der Waals surface area contributed by atoms with E-state index in [1.54, 1.807) is 6.07 Å². The van der Waals surface area contributed by atoms with Gasteiger partial charge in [0.05, 0.1) is 0 Å². The quantitative estimate of drug-likeness (QED) is 0.665. The fraction of sp³-hybridized carbons (Fsp3) is 0.400. The van der Waals surface area contributed by atoms with E-state index < -0.39 is 0 Å². The number of hydrogen-bond acceptors (Lipinski definition) is 1. The second-order valence-corrected chi connectivity index (χ2v) is 4.07. The molecule has 0 radical (unpaired) electrons. The molecule has 0 atom stereocenters. The maximum Gasteiger partial charge on any atom is 0.124 e. The van der Waals surface area contributed by atoms with Gasteiger partial charge in [-0.1, -0.05) is 13.0 Å². The minimum atomic E-state index is -0.163. The maximum absolute atomic E-state index is 12.7. The van der Waals surface area contributed by atoms with Gasteiger partial charge in [0.25, 0.3) is 0 Å². The zero-order valence-corrected chi connectivity index (χ0v) is 9.77. The van der Waals surface area contributed by atoms with Crippen molar-refractivity contribution >= 4 is 22.6 Å². The minimum Gasteiger partial charge on any atom is -0.313 e. The molecular formula is C10H13FIN. The van der Waals surface area contributed by atoms with Crippen LogP contribution in [-0.4, -0.2) is 6.54 Å². The number of halogens is 2. The van der Waals surface area contributed by atoms with Gasteiger partial charge in [0, 0.05) is 10.1 Å². The van der Waals surface area contributed by atoms with E-state index in [2.05, 4.69) is 34.8 Å². The van der Waals surface area contributed by atoms with Crippen LogP contribution < -0.4 is 5.32 Å². The summed E-state index contributed by atoms with van der Waals surface area (Å²) in [4.78, 5) is 0. The average Bonchev–Trinajstić information content (AvgIpc) is 2.09. The van der Waals surface area contributed by atoms with Gasteiger partial charge in [-0.15, -0.1) is 0 Å². The van der Waals surface area contributed by atoms with Crippen LogP contribution in [0.3, 0.4) is 0 Å². The molecule has 0 saturated carbocycles. The standard InChI is InChI=1S/C10H13FIN/c1-2-5-13-7-8-3-4-9(11)6-10(8)12/h3-4,6,13H,2,5,7H2,1H3. The molecule has 1 aromatic rings. The molecule has 1 nitrogen and oxygen atoms in total. The zero-order chi connectivity index (χ0) is 9.68. The highest BCUT2D eigenvalue weighted by Gasteiger charge is 1.99. The predicted molar refractivity (Wildman–Crippen MR) is 61.1 cm³/mol. The van der Waals surface area contributed by atoms with E-state index in [0.717, 1.165) is 28.6 Å². The summed E-state index contributed by atoms with van der Waals surface area (Å²) in [5.74, 6) is -0.163. The molecule has 3 heteroatoms. The van der Waals surface area contributed by atoms with Crippen LogP contribution in [0.2, 0.25) is 0 Å². The molecule has 0 aliphatic rings. The third-order valence-corrected chi connectivity index (χ3v) is 2.76. The first-order chi connectivity index (χ1) is 6.24. The molecule has 0 bridgehead atoms. The molecule has 0 fully saturated rings. The molecule has 0 spiro atoms. The first-order valence-corrected chi connectivity index (χ1v) is 5.46. The highest BCUT2D eigenvalue weighted by atomic mass is 127. The van der Waals surface area contributed by atoms with Crippen LogP contribution in [0.1, 0.15) is 18.9 Å². The Morgan fingerprint density at radius 2 is 2.23 bits per heavy atom. The second-order valence-electron chi connectivity index (χ2n) is 2.91. The lowest BCUT2D eigenvalue weighted by Gasteiger charge is -2.05. The SMILES string of the molecule is CCCNCc1ccc(F)cc1I. The summed E-state index contributed by atoms with van der Waals surface area (Å²) in [5.41, 5.74) is 1.16. The molecule has 0 unspecified atom stereocenters. The van der Waals surface area contributed by atoms with Crippen molar-refractivity contribution in [3.8, 4) is 0 Å². The molecule has 0 aliphatic carbocycles. The van der Waals surface area contributed by atoms with E-state index in [-0.39, 0.29) is 5.82 Å². The van der Waals surface area contributed by atoms with Crippen molar-refractivity contribution in [2.45, 2.75) is 19.9 Å². The van der Waals surface area contributed by atoms with Crippen LogP contribution in [0.15, 0.2) is 18.2 Å². The van der Waals surface area contributed by atoms with Gasteiger partial charge < -0.3 is 5.32 Å². The van der Waals surface area contributed by atoms with Crippen LogP contribution >= 0.6 is 22.6 Å². The van der Waals surface area contributed by atoms with Crippen LogP contribution in [0.5, 0.6) is 0 Å². The van der Waals surface area contributed by atoms with Gasteiger partial charge >= 0.3 is 0 Å². The molecule has 72 valence electrons. The molecule has 1 rings (SSSR count). The van der Waals surface area contributed by atoms with E-state index >= 15 is 0 Å². The molecular weight excluding hydrogens is 280 g/mol. The number of hydrogen-bond donors (Lipinski definition) is 1. The summed E-state index contributed by atoms with van der Waals surface area (Å²) in [6.45, 7) is 3.96. The van der Waals surface area contributed by atoms with E-state index in [0.29, 0.717) is 0 Å². The number of nitrogens with one attached hydrogen (secondary N) is 1. The fourth-order valence-electron chi connectivity index (χ4n) is 1.06. The average molecular weight is 293 g/mol. The topological polar surface area (TPSA) is 12.0 Å². The lowest BCUT2D eigenvalue weighted by Crippen LogP contribution is -2.14. The fourth-order valence-corrected chi connectivity index (χ4v) is 1.73. The number of benzene rings is 1. The van der Waals surface area contributed by atoms with Gasteiger partial charge in [-0.3, -0.25) is 0 Å². The molecule has 0 saturated heterocycles. The Morgan fingerprint density at radius 1 is 1.46 bits per heavy atom. The second kappa shape index (κ2) is 5.54. The van der Waals surface area contributed by atoms with Crippen molar-refractivity contribution in [1.82, 2.24) is 5.32 Å². The molecule has 0 amide bonds. The van der Waals surface area contributed by atoms with E-state index in [1.807, 2.05) is 6.07 Å². The summed E-state index contributed by atoms with van der Waals surface area (Å²) in [5, 5.41) is 3.28. The Hall–Kier alpha value is -0.160. The molecule has 13 heavy (non-hydrogen) atoms. The molecule has 1 aromatic carbocycles. The Bertz CT molecular complexity index is 276. The highest BCUT2D eigenvalue weighted by Crippen LogP contribution is 2.13. The number of rotatable bonds is 4. The first-order valence-electron chi connectivity index (χ1n) is 4.38. The normalized spacial score (nSPS) is 10.4. The lowest BCUT2D eigenvalue weighted by molar-refractivity contribution is 0.622. The monoisotopic (exact) mass is 293 g/mol. The predicted octanol–water partition coefficient (Wildman–Crippen LogP) is 2.93. The van der Waals surface area contributed by atoms with Crippen molar-refractivity contribution in [3.63, 3.8) is 0 Å². The summed E-state index contributed by atoms with van der Waals surface area (Å²) in [6, 6.07) is 4.90. The first kappa shape index (κ1) is 10.9. The Labute approximate surface area is 91.9 Å². The molecule has 0 aliphatic heterocycles. The lowest BCUT2D eigenvalue weighted by atomic mass is 10.2. The van der Waals surface area contributed by atoms with Gasteiger partial charge in [-0.05, 0) is 53.3 Å². The van der Waals surface area contributed by atoms with Gasteiger partial charge in [0.2, 0.25) is 0 Å². The van der Waals surface area contributed by atoms with Crippen LogP contribution in [0.4, 0.5) is 4.39 Å². The summed E-state index contributed by atoms with van der Waals surface area (Å²) in [7, 11) is 0. The smallest absolute Gasteiger partial charge is 0.124 e. The molecule has 1 N–H and O–H groups in total. The van der Waals surface area contributed by atoms with Crippen LogP contribution in [0, 0.1) is 9.39 Å². The Kier molecular flexibility index (Phi) is 4.66. The maximum atomic E-state index is 12.7. The Morgan fingerprint density at radius 3 is 2.85 bits per heavy atom. The van der Waals surface area contributed by atoms with Crippen molar-refractivity contribution in [2.75, 3.05) is 6.54 Å². The third kappa shape index (κ3) is 3.60. The van der Waals surface area contributed by atoms with Crippen LogP contribution in [-0.2, 0) is 6.54 Å². The zero-order valence-electron chi connectivity index (χ0n) is 7.61. The van der Waals surface area contributed by atoms with Crippen molar-refractivity contribution in [2.24, 2.45) is 0 Å². The van der Waals surface area contributed by atoms with E-state index in [4.69, 9.17) is 0 Å². The van der Waals surface area contributed by atoms with Crippen molar-refractivity contribution in [1.29, 1.82) is 0 Å². The van der Waals surface area contributed by atoms with E-state index in [1.165, 1.54) is 6.07 Å². The van der Waals surface area contributed by atoms with Gasteiger partial charge in [-0.2, -0.15) is 0 Å².